The number of nitrogens with one attached hydrogen (secondary N) is 1. The van der Waals surface area contributed by atoms with Crippen molar-refractivity contribution in [1.82, 2.24) is 19.4 Å². The summed E-state index contributed by atoms with van der Waals surface area (Å²) in [5.41, 5.74) is -0.420. The van der Waals surface area contributed by atoms with Crippen LogP contribution in [0.2, 0.25) is 0 Å². The van der Waals surface area contributed by atoms with E-state index < -0.39 is 11.2 Å². The molecule has 0 atom stereocenters. The third-order valence-electron chi connectivity index (χ3n) is 6.95. The van der Waals surface area contributed by atoms with Gasteiger partial charge in [0.1, 0.15) is 11.3 Å². The van der Waals surface area contributed by atoms with Crippen LogP contribution < -0.4 is 16.6 Å². The Hall–Kier alpha value is -2.44. The van der Waals surface area contributed by atoms with Gasteiger partial charge in [-0.25, -0.2) is 9.78 Å². The second-order valence-corrected chi connectivity index (χ2v) is 8.93. The number of carbonyl (C=O) groups excluding carboxylic acids is 1. The number of aryl methyl sites for hydroxylation is 1. The molecule has 2 aromatic rings. The zero-order valence-electron chi connectivity index (χ0n) is 15.7. The molecule has 4 fully saturated rings. The minimum absolute atomic E-state index is 0.0961. The number of amides is 1. The summed E-state index contributed by atoms with van der Waals surface area (Å²) in [6.07, 6.45) is 7.14. The lowest BCUT2D eigenvalue weighted by molar-refractivity contribution is -0.0167. The van der Waals surface area contributed by atoms with Crippen molar-refractivity contribution < 1.29 is 4.79 Å². The van der Waals surface area contributed by atoms with Crippen LogP contribution in [0, 0.1) is 17.8 Å². The average molecular weight is 368 g/mol. The van der Waals surface area contributed by atoms with Gasteiger partial charge in [0.15, 0.2) is 0 Å². The van der Waals surface area contributed by atoms with Crippen molar-refractivity contribution in [2.75, 3.05) is 0 Å². The summed E-state index contributed by atoms with van der Waals surface area (Å²) in [5.74, 6) is 2.02. The summed E-state index contributed by atoms with van der Waals surface area (Å²) in [7, 11) is 3.01. The molecule has 4 aliphatic carbocycles. The summed E-state index contributed by atoms with van der Waals surface area (Å²) in [6.45, 7) is 0. The van der Waals surface area contributed by atoms with Crippen LogP contribution in [-0.2, 0) is 14.1 Å². The van der Waals surface area contributed by atoms with Crippen molar-refractivity contribution in [3.63, 3.8) is 0 Å². The summed E-state index contributed by atoms with van der Waals surface area (Å²) < 4.78 is 2.37. The Morgan fingerprint density at radius 1 is 1.04 bits per heavy atom. The predicted octanol–water partition coefficient (Wildman–Crippen LogP) is 1.33. The Balaban J connectivity index is 1.50. The Morgan fingerprint density at radius 2 is 1.63 bits per heavy atom. The van der Waals surface area contributed by atoms with E-state index >= 15 is 0 Å². The quantitative estimate of drug-likeness (QED) is 0.867. The third kappa shape index (κ3) is 2.47. The van der Waals surface area contributed by atoms with Gasteiger partial charge in [-0.15, -0.1) is 0 Å². The Bertz CT molecular complexity index is 1050. The van der Waals surface area contributed by atoms with Crippen molar-refractivity contribution in [3.05, 3.63) is 38.7 Å². The predicted molar refractivity (Wildman–Crippen MR) is 101 cm³/mol. The second-order valence-electron chi connectivity index (χ2n) is 8.93. The molecule has 7 heteroatoms. The number of hydrogen-bond donors (Lipinski definition) is 1. The molecule has 0 spiro atoms. The lowest BCUT2D eigenvalue weighted by Crippen LogP contribution is -2.59. The maximum absolute atomic E-state index is 13.0. The SMILES string of the molecule is Cn1c(=O)c2ccc(C(=O)NC34CC5CC(CC(C5)C3)C4)nc2n(C)c1=O. The fraction of sp³-hybridized carbons (Fsp3) is 0.600. The molecule has 1 N–H and O–H groups in total. The van der Waals surface area contributed by atoms with E-state index in [-0.39, 0.29) is 22.8 Å². The number of pyridine rings is 1. The minimum atomic E-state index is -0.446. The van der Waals surface area contributed by atoms with E-state index in [1.54, 1.807) is 19.2 Å². The normalized spacial score (nSPS) is 31.4. The zero-order valence-corrected chi connectivity index (χ0v) is 15.7. The molecular weight excluding hydrogens is 344 g/mol. The first-order valence-corrected chi connectivity index (χ1v) is 9.74. The van der Waals surface area contributed by atoms with Crippen molar-refractivity contribution in [2.45, 2.75) is 44.1 Å². The monoisotopic (exact) mass is 368 g/mol. The van der Waals surface area contributed by atoms with Crippen LogP contribution in [-0.4, -0.2) is 25.6 Å². The van der Waals surface area contributed by atoms with Crippen LogP contribution in [0.3, 0.4) is 0 Å². The topological polar surface area (TPSA) is 86.0 Å². The highest BCUT2D eigenvalue weighted by Crippen LogP contribution is 2.55. The molecule has 142 valence electrons. The largest absolute Gasteiger partial charge is 0.345 e. The minimum Gasteiger partial charge on any atom is -0.345 e. The lowest BCUT2D eigenvalue weighted by Gasteiger charge is -2.56. The number of nitrogens with zero attached hydrogens (tertiary/aromatic N) is 3. The molecule has 6 rings (SSSR count). The fourth-order valence-electron chi connectivity index (χ4n) is 6.15. The molecule has 4 aliphatic rings. The van der Waals surface area contributed by atoms with Gasteiger partial charge in [-0.05, 0) is 68.4 Å². The molecule has 0 saturated heterocycles. The molecule has 0 radical (unpaired) electrons. The van der Waals surface area contributed by atoms with E-state index in [1.807, 2.05) is 0 Å². The Morgan fingerprint density at radius 3 is 2.22 bits per heavy atom. The maximum atomic E-state index is 13.0. The highest BCUT2D eigenvalue weighted by Gasteiger charge is 2.51. The standard InChI is InChI=1S/C20H24N4O3/c1-23-16-14(18(26)24(2)19(23)27)3-4-15(21-16)17(25)22-20-8-11-5-12(9-20)7-13(6-11)10-20/h3-4,11-13H,5-10H2,1-2H3,(H,22,25). The number of aromatic nitrogens is 3. The Labute approximate surface area is 156 Å². The Kier molecular flexibility index (Phi) is 3.42. The van der Waals surface area contributed by atoms with Crippen molar-refractivity contribution in [3.8, 4) is 0 Å². The molecule has 4 bridgehead atoms. The molecule has 0 aliphatic heterocycles. The molecule has 0 aromatic carbocycles. The van der Waals surface area contributed by atoms with Crippen molar-refractivity contribution in [1.29, 1.82) is 0 Å². The van der Waals surface area contributed by atoms with Crippen LogP contribution in [0.15, 0.2) is 21.7 Å². The van der Waals surface area contributed by atoms with E-state index in [4.69, 9.17) is 0 Å². The molecule has 7 nitrogen and oxygen atoms in total. The van der Waals surface area contributed by atoms with Gasteiger partial charge in [-0.2, -0.15) is 0 Å². The van der Waals surface area contributed by atoms with Crippen molar-refractivity contribution in [2.24, 2.45) is 31.8 Å². The van der Waals surface area contributed by atoms with E-state index in [1.165, 1.54) is 30.9 Å². The van der Waals surface area contributed by atoms with E-state index in [2.05, 4.69) is 10.3 Å². The third-order valence-corrected chi connectivity index (χ3v) is 6.95. The molecule has 0 unspecified atom stereocenters. The number of hydrogen-bond acceptors (Lipinski definition) is 4. The molecule has 27 heavy (non-hydrogen) atoms. The number of carbonyl (C=O) groups is 1. The molecular formula is C20H24N4O3. The van der Waals surface area contributed by atoms with E-state index in [9.17, 15) is 14.4 Å². The van der Waals surface area contributed by atoms with Gasteiger partial charge in [0, 0.05) is 19.6 Å². The highest BCUT2D eigenvalue weighted by molar-refractivity contribution is 5.94. The van der Waals surface area contributed by atoms with Gasteiger partial charge >= 0.3 is 5.69 Å². The molecule has 1 amide bonds. The maximum Gasteiger partial charge on any atom is 0.332 e. The summed E-state index contributed by atoms with van der Waals surface area (Å²) in [6, 6.07) is 3.18. The van der Waals surface area contributed by atoms with E-state index in [0.29, 0.717) is 5.39 Å². The highest BCUT2D eigenvalue weighted by atomic mass is 16.2. The van der Waals surface area contributed by atoms with Gasteiger partial charge in [0.25, 0.3) is 11.5 Å². The lowest BCUT2D eigenvalue weighted by atomic mass is 9.53. The molecule has 4 saturated carbocycles. The van der Waals surface area contributed by atoms with Crippen LogP contribution in [0.4, 0.5) is 0 Å². The summed E-state index contributed by atoms with van der Waals surface area (Å²) in [5, 5.41) is 3.63. The van der Waals surface area contributed by atoms with Crippen molar-refractivity contribution >= 4 is 16.9 Å². The van der Waals surface area contributed by atoms with Gasteiger partial charge in [-0.1, -0.05) is 0 Å². The first-order valence-electron chi connectivity index (χ1n) is 9.74. The zero-order chi connectivity index (χ0) is 18.9. The molecule has 2 aromatic heterocycles. The van der Waals surface area contributed by atoms with E-state index in [0.717, 1.165) is 41.6 Å². The number of fused-ring (bicyclic) bond motifs is 1. The van der Waals surface area contributed by atoms with Crippen LogP contribution in [0.5, 0.6) is 0 Å². The first kappa shape index (κ1) is 16.7. The second kappa shape index (κ2) is 5.53. The number of rotatable bonds is 2. The fourth-order valence-corrected chi connectivity index (χ4v) is 6.15. The summed E-state index contributed by atoms with van der Waals surface area (Å²) >= 11 is 0. The van der Waals surface area contributed by atoms with Gasteiger partial charge in [-0.3, -0.25) is 18.7 Å². The van der Waals surface area contributed by atoms with Crippen LogP contribution >= 0.6 is 0 Å². The summed E-state index contributed by atoms with van der Waals surface area (Å²) in [4.78, 5) is 41.8. The van der Waals surface area contributed by atoms with Gasteiger partial charge < -0.3 is 5.32 Å². The first-order chi connectivity index (χ1) is 12.8. The smallest absolute Gasteiger partial charge is 0.332 e. The van der Waals surface area contributed by atoms with Gasteiger partial charge in [0.2, 0.25) is 0 Å². The van der Waals surface area contributed by atoms with Crippen LogP contribution in [0.1, 0.15) is 49.0 Å². The van der Waals surface area contributed by atoms with Crippen LogP contribution in [0.25, 0.3) is 11.0 Å². The van der Waals surface area contributed by atoms with Gasteiger partial charge in [0.05, 0.1) is 5.39 Å². The molecule has 2 heterocycles. The average Bonchev–Trinajstić information content (AvgIpc) is 2.62.